The predicted molar refractivity (Wildman–Crippen MR) is 74.2 cm³/mol. The van der Waals surface area contributed by atoms with Crippen LogP contribution in [0.5, 0.6) is 0 Å². The Balaban J connectivity index is 2.30. The van der Waals surface area contributed by atoms with Crippen molar-refractivity contribution in [2.24, 2.45) is 21.7 Å². The van der Waals surface area contributed by atoms with Crippen LogP contribution in [0.1, 0.15) is 11.1 Å². The first-order valence-electron chi connectivity index (χ1n) is 5.76. The lowest BCUT2D eigenvalue weighted by molar-refractivity contribution is 0.624. The van der Waals surface area contributed by atoms with Gasteiger partial charge in [-0.25, -0.2) is 8.78 Å². The van der Waals surface area contributed by atoms with Crippen molar-refractivity contribution < 1.29 is 8.78 Å². The molecule has 4 N–H and O–H groups in total. The minimum absolute atomic E-state index is 0.109. The van der Waals surface area contributed by atoms with E-state index in [9.17, 15) is 8.78 Å². The van der Waals surface area contributed by atoms with Crippen LogP contribution in [0, 0.1) is 11.6 Å². The second-order valence-electron chi connectivity index (χ2n) is 3.93. The molecule has 0 fully saturated rings. The average Bonchev–Trinajstić information content (AvgIpc) is 2.45. The second-order valence-corrected chi connectivity index (χ2v) is 3.93. The summed E-state index contributed by atoms with van der Waals surface area (Å²) in [6.45, 7) is 0. The summed E-state index contributed by atoms with van der Waals surface area (Å²) in [5, 5.41) is 7.25. The minimum Gasteiger partial charge on any atom is -0.382 e. The maximum absolute atomic E-state index is 13.5. The molecule has 0 spiro atoms. The number of amidine groups is 2. The summed E-state index contributed by atoms with van der Waals surface area (Å²) in [6.07, 6.45) is 0. The Labute approximate surface area is 114 Å². The third-order valence-corrected chi connectivity index (χ3v) is 2.57. The molecule has 0 unspecified atom stereocenters. The number of hydrogen-bond acceptors (Lipinski definition) is 2. The van der Waals surface area contributed by atoms with Gasteiger partial charge in [0.1, 0.15) is 11.6 Å². The lowest BCUT2D eigenvalue weighted by atomic mass is 10.2. The van der Waals surface area contributed by atoms with E-state index >= 15 is 0 Å². The Kier molecular flexibility index (Phi) is 4.05. The average molecular weight is 274 g/mol. The van der Waals surface area contributed by atoms with Crippen LogP contribution in [0.15, 0.2) is 58.7 Å². The molecule has 2 rings (SSSR count). The molecule has 2 aromatic rings. The first-order chi connectivity index (χ1) is 9.59. The summed E-state index contributed by atoms with van der Waals surface area (Å²) in [6, 6.07) is 11.7. The van der Waals surface area contributed by atoms with Gasteiger partial charge in [-0.2, -0.15) is 0 Å². The summed E-state index contributed by atoms with van der Waals surface area (Å²) in [5.41, 5.74) is 11.4. The second kappa shape index (κ2) is 5.92. The van der Waals surface area contributed by atoms with Gasteiger partial charge < -0.3 is 11.5 Å². The topological polar surface area (TPSA) is 76.8 Å². The predicted octanol–water partition coefficient (Wildman–Crippen LogP) is 1.99. The van der Waals surface area contributed by atoms with E-state index in [4.69, 9.17) is 11.5 Å². The normalized spacial score (nSPS) is 12.5. The number of hydrogen-bond donors (Lipinski definition) is 2. The van der Waals surface area contributed by atoms with Crippen molar-refractivity contribution in [3.05, 3.63) is 71.3 Å². The highest BCUT2D eigenvalue weighted by atomic mass is 19.1. The fraction of sp³-hybridized carbons (Fsp3) is 0. The molecule has 0 aromatic heterocycles. The Morgan fingerprint density at radius 3 is 1.40 bits per heavy atom. The zero-order valence-electron chi connectivity index (χ0n) is 10.4. The van der Waals surface area contributed by atoms with Crippen LogP contribution in [0.25, 0.3) is 0 Å². The van der Waals surface area contributed by atoms with Crippen LogP contribution in [-0.2, 0) is 0 Å². The van der Waals surface area contributed by atoms with Gasteiger partial charge in [-0.3, -0.25) is 0 Å². The molecule has 4 nitrogen and oxygen atoms in total. The van der Waals surface area contributed by atoms with E-state index in [0.717, 1.165) is 0 Å². The van der Waals surface area contributed by atoms with E-state index in [0.29, 0.717) is 0 Å². The monoisotopic (exact) mass is 274 g/mol. The van der Waals surface area contributed by atoms with Gasteiger partial charge in [0, 0.05) is 0 Å². The van der Waals surface area contributed by atoms with Gasteiger partial charge in [0.15, 0.2) is 11.7 Å². The van der Waals surface area contributed by atoms with Crippen molar-refractivity contribution in [2.75, 3.05) is 0 Å². The SMILES string of the molecule is N/C(=N\N=C(/N)c1ccccc1F)c1ccccc1F. The zero-order valence-corrected chi connectivity index (χ0v) is 10.4. The van der Waals surface area contributed by atoms with E-state index in [-0.39, 0.29) is 22.8 Å². The lowest BCUT2D eigenvalue weighted by Crippen LogP contribution is -2.18. The highest BCUT2D eigenvalue weighted by Crippen LogP contribution is 2.07. The van der Waals surface area contributed by atoms with Crippen molar-refractivity contribution in [3.8, 4) is 0 Å². The summed E-state index contributed by atoms with van der Waals surface area (Å²) in [4.78, 5) is 0. The Morgan fingerprint density at radius 2 is 1.05 bits per heavy atom. The summed E-state index contributed by atoms with van der Waals surface area (Å²) in [5.74, 6) is -1.31. The first-order valence-corrected chi connectivity index (χ1v) is 5.76. The number of rotatable bonds is 3. The van der Waals surface area contributed by atoms with Gasteiger partial charge in [0.25, 0.3) is 0 Å². The number of halogens is 2. The van der Waals surface area contributed by atoms with E-state index in [1.165, 1.54) is 36.4 Å². The number of benzene rings is 2. The van der Waals surface area contributed by atoms with Crippen molar-refractivity contribution in [1.29, 1.82) is 0 Å². The van der Waals surface area contributed by atoms with Crippen molar-refractivity contribution >= 4 is 11.7 Å². The first kappa shape index (κ1) is 13.7. The van der Waals surface area contributed by atoms with E-state index in [1.54, 1.807) is 12.1 Å². The Bertz CT molecular complexity index is 621. The van der Waals surface area contributed by atoms with Crippen LogP contribution < -0.4 is 11.5 Å². The summed E-state index contributed by atoms with van der Waals surface area (Å²) < 4.78 is 26.9. The van der Waals surface area contributed by atoms with Crippen LogP contribution in [0.4, 0.5) is 8.78 Å². The molecule has 0 heterocycles. The highest BCUT2D eigenvalue weighted by Gasteiger charge is 2.06. The van der Waals surface area contributed by atoms with Crippen LogP contribution in [0.2, 0.25) is 0 Å². The van der Waals surface area contributed by atoms with Crippen molar-refractivity contribution in [3.63, 3.8) is 0 Å². The van der Waals surface area contributed by atoms with Gasteiger partial charge in [-0.05, 0) is 24.3 Å². The number of nitrogens with zero attached hydrogens (tertiary/aromatic N) is 2. The standard InChI is InChI=1S/C14H12F2N4/c15-11-7-3-1-5-9(11)13(17)19-20-14(18)10-6-2-4-8-12(10)16/h1-8H,(H2,17,19)(H2,18,20). The van der Waals surface area contributed by atoms with Gasteiger partial charge in [-0.15, -0.1) is 10.2 Å². The molecule has 0 amide bonds. The van der Waals surface area contributed by atoms with Gasteiger partial charge in [-0.1, -0.05) is 24.3 Å². The minimum atomic E-state index is -0.520. The van der Waals surface area contributed by atoms with Gasteiger partial charge in [0.05, 0.1) is 11.1 Å². The highest BCUT2D eigenvalue weighted by molar-refractivity contribution is 6.00. The maximum atomic E-state index is 13.5. The summed E-state index contributed by atoms with van der Waals surface area (Å²) >= 11 is 0. The molecule has 102 valence electrons. The van der Waals surface area contributed by atoms with Crippen molar-refractivity contribution in [1.82, 2.24) is 0 Å². The molecule has 0 aliphatic carbocycles. The van der Waals surface area contributed by atoms with Crippen LogP contribution in [-0.4, -0.2) is 11.7 Å². The third kappa shape index (κ3) is 2.97. The lowest BCUT2D eigenvalue weighted by Gasteiger charge is -2.02. The molecule has 0 saturated carbocycles. The maximum Gasteiger partial charge on any atom is 0.156 e. The smallest absolute Gasteiger partial charge is 0.156 e. The third-order valence-electron chi connectivity index (χ3n) is 2.57. The molecule has 20 heavy (non-hydrogen) atoms. The van der Waals surface area contributed by atoms with Gasteiger partial charge in [0.2, 0.25) is 0 Å². The van der Waals surface area contributed by atoms with Crippen LogP contribution >= 0.6 is 0 Å². The molecule has 0 atom stereocenters. The molecule has 0 aliphatic heterocycles. The van der Waals surface area contributed by atoms with E-state index in [2.05, 4.69) is 10.2 Å². The van der Waals surface area contributed by atoms with Gasteiger partial charge >= 0.3 is 0 Å². The fourth-order valence-electron chi connectivity index (χ4n) is 1.55. The van der Waals surface area contributed by atoms with Crippen LogP contribution in [0.3, 0.4) is 0 Å². The molecule has 0 saturated heterocycles. The Morgan fingerprint density at radius 1 is 0.700 bits per heavy atom. The molecule has 6 heteroatoms. The number of nitrogens with two attached hydrogens (primary N) is 2. The Hall–Kier alpha value is -2.76. The quantitative estimate of drug-likeness (QED) is 0.510. The molecular formula is C14H12F2N4. The van der Waals surface area contributed by atoms with Crippen molar-refractivity contribution in [2.45, 2.75) is 0 Å². The van der Waals surface area contributed by atoms with E-state index in [1.807, 2.05) is 0 Å². The molecule has 0 bridgehead atoms. The zero-order chi connectivity index (χ0) is 14.5. The molecule has 0 radical (unpaired) electrons. The fourth-order valence-corrected chi connectivity index (χ4v) is 1.55. The molecule has 2 aromatic carbocycles. The largest absolute Gasteiger partial charge is 0.382 e. The summed E-state index contributed by atoms with van der Waals surface area (Å²) in [7, 11) is 0. The molecular weight excluding hydrogens is 262 g/mol. The molecule has 0 aliphatic rings. The van der Waals surface area contributed by atoms with E-state index < -0.39 is 11.6 Å².